The first-order chi connectivity index (χ1) is 10.1. The molecule has 0 aliphatic rings. The van der Waals surface area contributed by atoms with E-state index in [1.54, 1.807) is 31.4 Å². The van der Waals surface area contributed by atoms with Gasteiger partial charge in [0, 0.05) is 6.54 Å². The lowest BCUT2D eigenvalue weighted by molar-refractivity contribution is -0.154. The van der Waals surface area contributed by atoms with E-state index >= 15 is 0 Å². The molecule has 7 heteroatoms. The molecule has 1 rings (SSSR count). The second-order valence-electron chi connectivity index (χ2n) is 4.22. The maximum absolute atomic E-state index is 11.9. The van der Waals surface area contributed by atoms with E-state index in [9.17, 15) is 14.7 Å². The van der Waals surface area contributed by atoms with E-state index in [1.807, 2.05) is 0 Å². The molecule has 1 aromatic carbocycles. The third-order valence-corrected chi connectivity index (χ3v) is 3.20. The van der Waals surface area contributed by atoms with Gasteiger partial charge in [-0.3, -0.25) is 4.79 Å². The van der Waals surface area contributed by atoms with Gasteiger partial charge in [0.25, 0.3) is 0 Å². The van der Waals surface area contributed by atoms with Gasteiger partial charge in [0.2, 0.25) is 5.91 Å². The summed E-state index contributed by atoms with van der Waals surface area (Å²) in [5, 5.41) is 9.34. The number of ether oxygens (including phenoxy) is 2. The Kier molecular flexibility index (Phi) is 6.98. The molecule has 0 aliphatic heterocycles. The number of alkyl halides is 1. The van der Waals surface area contributed by atoms with E-state index in [1.165, 1.54) is 12.0 Å². The summed E-state index contributed by atoms with van der Waals surface area (Å²) in [5.74, 6) is -0.758. The molecule has 1 atom stereocenters. The number of carbonyl (C=O) groups excluding carboxylic acids is 2. The molecule has 1 N–H and O–H groups in total. The number of esters is 1. The fraction of sp³-hybridized carbons (Fsp3) is 0.429. The van der Waals surface area contributed by atoms with Gasteiger partial charge in [-0.05, 0) is 17.7 Å². The molecule has 0 aliphatic carbocycles. The first kappa shape index (κ1) is 17.3. The van der Waals surface area contributed by atoms with Crippen LogP contribution in [0.1, 0.15) is 5.56 Å². The highest BCUT2D eigenvalue weighted by Crippen LogP contribution is 2.15. The summed E-state index contributed by atoms with van der Waals surface area (Å²) in [6.07, 6.45) is 0. The van der Waals surface area contributed by atoms with Crippen LogP contribution in [0.25, 0.3) is 0 Å². The molecule has 116 valence electrons. The number of aliphatic hydroxyl groups is 1. The average Bonchev–Trinajstić information content (AvgIpc) is 2.54. The number of carbonyl (C=O) groups is 2. The van der Waals surface area contributed by atoms with Crippen molar-refractivity contribution < 1.29 is 24.2 Å². The minimum Gasteiger partial charge on any atom is -0.497 e. The topological polar surface area (TPSA) is 76.1 Å². The lowest BCUT2D eigenvalue weighted by atomic mass is 10.1. The van der Waals surface area contributed by atoms with Crippen LogP contribution in [0.4, 0.5) is 0 Å². The molecule has 0 heterocycles. The van der Waals surface area contributed by atoms with Crippen LogP contribution < -0.4 is 4.74 Å². The van der Waals surface area contributed by atoms with Crippen LogP contribution in [-0.2, 0) is 20.9 Å². The van der Waals surface area contributed by atoms with Gasteiger partial charge in [-0.2, -0.15) is 0 Å². The summed E-state index contributed by atoms with van der Waals surface area (Å²) in [4.78, 5) is 24.8. The van der Waals surface area contributed by atoms with Crippen molar-refractivity contribution in [3.05, 3.63) is 29.8 Å². The average molecular weight is 316 g/mol. The zero-order valence-electron chi connectivity index (χ0n) is 11.9. The molecule has 1 aromatic rings. The van der Waals surface area contributed by atoms with Crippen LogP contribution in [0.15, 0.2) is 24.3 Å². The molecule has 6 nitrogen and oxygen atoms in total. The second-order valence-corrected chi connectivity index (χ2v) is 4.49. The summed E-state index contributed by atoms with van der Waals surface area (Å²) in [6.45, 7) is -0.401. The quantitative estimate of drug-likeness (QED) is 0.595. The molecule has 0 spiro atoms. The Morgan fingerprint density at radius 2 is 1.90 bits per heavy atom. The summed E-state index contributed by atoms with van der Waals surface area (Å²) < 4.78 is 9.65. The molecule has 0 radical (unpaired) electrons. The van der Waals surface area contributed by atoms with E-state index in [-0.39, 0.29) is 12.4 Å². The molecule has 21 heavy (non-hydrogen) atoms. The van der Waals surface area contributed by atoms with Gasteiger partial charge in [-0.1, -0.05) is 12.1 Å². The molecule has 0 saturated carbocycles. The smallest absolute Gasteiger partial charge is 0.331 e. The van der Waals surface area contributed by atoms with Crippen LogP contribution in [0.5, 0.6) is 5.75 Å². The summed E-state index contributed by atoms with van der Waals surface area (Å²) in [7, 11) is 2.75. The Labute approximate surface area is 128 Å². The maximum atomic E-state index is 11.9. The van der Waals surface area contributed by atoms with Gasteiger partial charge in [0.1, 0.15) is 11.6 Å². The highest BCUT2D eigenvalue weighted by molar-refractivity contribution is 6.27. The second kappa shape index (κ2) is 8.49. The van der Waals surface area contributed by atoms with Crippen LogP contribution in [0, 0.1) is 0 Å². The number of halogens is 1. The summed E-state index contributed by atoms with van der Waals surface area (Å²) in [6, 6.07) is 5.93. The van der Waals surface area contributed by atoms with E-state index in [4.69, 9.17) is 16.3 Å². The zero-order chi connectivity index (χ0) is 15.8. The van der Waals surface area contributed by atoms with Crippen molar-refractivity contribution in [3.8, 4) is 5.75 Å². The Morgan fingerprint density at radius 1 is 1.29 bits per heavy atom. The van der Waals surface area contributed by atoms with Gasteiger partial charge in [-0.25, -0.2) is 4.79 Å². The van der Waals surface area contributed by atoms with E-state index < -0.39 is 24.5 Å². The molecular formula is C14H18ClNO5. The Bertz CT molecular complexity index is 477. The predicted octanol–water partition coefficient (Wildman–Crippen LogP) is 0.796. The van der Waals surface area contributed by atoms with Crippen molar-refractivity contribution in [2.45, 2.75) is 12.6 Å². The molecular weight excluding hydrogens is 298 g/mol. The molecule has 0 aromatic heterocycles. The molecule has 0 bridgehead atoms. The zero-order valence-corrected chi connectivity index (χ0v) is 12.7. The molecule has 1 unspecified atom stereocenters. The maximum Gasteiger partial charge on any atom is 0.331 e. The standard InChI is InChI=1S/C14H18ClNO5/c1-20-11-5-3-10(4-6-11)8-16(13(18)7-15)12(9-17)14(19)21-2/h3-6,12,17H,7-9H2,1-2H3. The first-order valence-corrected chi connectivity index (χ1v) is 6.77. The minimum absolute atomic E-state index is 0.135. The number of methoxy groups -OCH3 is 2. The van der Waals surface area contributed by atoms with Gasteiger partial charge in [0.15, 0.2) is 6.04 Å². The van der Waals surface area contributed by atoms with Gasteiger partial charge >= 0.3 is 5.97 Å². The number of amides is 1. The van der Waals surface area contributed by atoms with Crippen molar-refractivity contribution in [1.82, 2.24) is 4.90 Å². The number of hydrogen-bond acceptors (Lipinski definition) is 5. The van der Waals surface area contributed by atoms with Crippen molar-refractivity contribution in [1.29, 1.82) is 0 Å². The van der Waals surface area contributed by atoms with Gasteiger partial charge < -0.3 is 19.5 Å². The van der Waals surface area contributed by atoms with E-state index in [0.717, 1.165) is 5.56 Å². The SMILES string of the molecule is COC(=O)C(CO)N(Cc1ccc(OC)cc1)C(=O)CCl. The van der Waals surface area contributed by atoms with Gasteiger partial charge in [-0.15, -0.1) is 11.6 Å². The Balaban J connectivity index is 2.96. The number of rotatable bonds is 7. The lowest BCUT2D eigenvalue weighted by Gasteiger charge is -2.28. The van der Waals surface area contributed by atoms with Crippen molar-refractivity contribution in [2.75, 3.05) is 26.7 Å². The van der Waals surface area contributed by atoms with Crippen molar-refractivity contribution >= 4 is 23.5 Å². The fourth-order valence-corrected chi connectivity index (χ4v) is 1.97. The highest BCUT2D eigenvalue weighted by Gasteiger charge is 2.29. The fourth-order valence-electron chi connectivity index (χ4n) is 1.81. The van der Waals surface area contributed by atoms with Crippen molar-refractivity contribution in [2.24, 2.45) is 0 Å². The number of nitrogens with zero attached hydrogens (tertiary/aromatic N) is 1. The van der Waals surface area contributed by atoms with Crippen LogP contribution >= 0.6 is 11.6 Å². The summed E-state index contributed by atoms with van der Waals surface area (Å²) >= 11 is 5.56. The van der Waals surface area contributed by atoms with Crippen LogP contribution in [-0.4, -0.2) is 54.6 Å². The predicted molar refractivity (Wildman–Crippen MR) is 77.2 cm³/mol. The molecule has 0 fully saturated rings. The third-order valence-electron chi connectivity index (χ3n) is 2.97. The van der Waals surface area contributed by atoms with Crippen LogP contribution in [0.3, 0.4) is 0 Å². The number of benzene rings is 1. The molecule has 1 amide bonds. The normalized spacial score (nSPS) is 11.6. The van der Waals surface area contributed by atoms with E-state index in [2.05, 4.69) is 4.74 Å². The monoisotopic (exact) mass is 315 g/mol. The lowest BCUT2D eigenvalue weighted by Crippen LogP contribution is -2.47. The number of hydrogen-bond donors (Lipinski definition) is 1. The summed E-state index contributed by atoms with van der Waals surface area (Å²) in [5.41, 5.74) is 0.775. The van der Waals surface area contributed by atoms with E-state index in [0.29, 0.717) is 5.75 Å². The Hall–Kier alpha value is -1.79. The molecule has 0 saturated heterocycles. The van der Waals surface area contributed by atoms with Gasteiger partial charge in [0.05, 0.1) is 20.8 Å². The largest absolute Gasteiger partial charge is 0.497 e. The minimum atomic E-state index is -1.08. The number of aliphatic hydroxyl groups excluding tert-OH is 1. The van der Waals surface area contributed by atoms with Crippen LogP contribution in [0.2, 0.25) is 0 Å². The third kappa shape index (κ3) is 4.61. The van der Waals surface area contributed by atoms with Crippen molar-refractivity contribution in [3.63, 3.8) is 0 Å². The first-order valence-electron chi connectivity index (χ1n) is 6.24. The Morgan fingerprint density at radius 3 is 2.33 bits per heavy atom. The highest BCUT2D eigenvalue weighted by atomic mass is 35.5.